The van der Waals surface area contributed by atoms with E-state index in [0.29, 0.717) is 12.0 Å². The number of ether oxygens (including phenoxy) is 1. The third kappa shape index (κ3) is 7.49. The minimum Gasteiger partial charge on any atom is -0.482 e. The molecule has 0 radical (unpaired) electrons. The van der Waals surface area contributed by atoms with Gasteiger partial charge in [0.1, 0.15) is 5.75 Å². The predicted octanol–water partition coefficient (Wildman–Crippen LogP) is 1.88. The molecule has 27 heavy (non-hydrogen) atoms. The molecule has 7 nitrogen and oxygen atoms in total. The fraction of sp³-hybridized carbons (Fsp3) is 0.263. The molecule has 8 heteroatoms. The molecular formula is C19H21NO6S. The van der Waals surface area contributed by atoms with Gasteiger partial charge in [-0.3, -0.25) is 4.79 Å². The Labute approximate surface area is 157 Å². The molecule has 0 heterocycles. The number of benzene rings is 2. The number of carbonyl (C=O) groups is 2. The number of hydrogen-bond donors (Lipinski definition) is 2. The van der Waals surface area contributed by atoms with Gasteiger partial charge in [0.25, 0.3) is 5.91 Å². The molecule has 2 aromatic carbocycles. The Morgan fingerprint density at radius 2 is 1.78 bits per heavy atom. The Morgan fingerprint density at radius 1 is 1.04 bits per heavy atom. The normalized spacial score (nSPS) is 11.0. The van der Waals surface area contributed by atoms with Gasteiger partial charge in [-0.15, -0.1) is 0 Å². The van der Waals surface area contributed by atoms with Crippen molar-refractivity contribution in [1.29, 1.82) is 0 Å². The molecule has 0 fully saturated rings. The van der Waals surface area contributed by atoms with Gasteiger partial charge in [-0.25, -0.2) is 13.2 Å². The molecule has 2 aromatic rings. The summed E-state index contributed by atoms with van der Waals surface area (Å²) in [6.07, 6.45) is 0.302. The van der Waals surface area contributed by atoms with E-state index in [0.717, 1.165) is 5.56 Å². The monoisotopic (exact) mass is 391 g/mol. The van der Waals surface area contributed by atoms with Crippen LogP contribution in [0.1, 0.15) is 22.3 Å². The fourth-order valence-corrected chi connectivity index (χ4v) is 3.80. The molecule has 0 unspecified atom stereocenters. The van der Waals surface area contributed by atoms with Crippen LogP contribution in [0.4, 0.5) is 0 Å². The van der Waals surface area contributed by atoms with E-state index in [-0.39, 0.29) is 29.7 Å². The molecule has 0 saturated carbocycles. The number of carbonyl (C=O) groups excluding carboxylic acids is 1. The lowest BCUT2D eigenvalue weighted by Crippen LogP contribution is -2.26. The van der Waals surface area contributed by atoms with Crippen LogP contribution in [0.15, 0.2) is 54.6 Å². The summed E-state index contributed by atoms with van der Waals surface area (Å²) in [4.78, 5) is 22.6. The zero-order chi connectivity index (χ0) is 19.7. The summed E-state index contributed by atoms with van der Waals surface area (Å²) in [5, 5.41) is 11.3. The lowest BCUT2D eigenvalue weighted by atomic mass is 10.2. The van der Waals surface area contributed by atoms with Gasteiger partial charge in [-0.2, -0.15) is 0 Å². The first kappa shape index (κ1) is 20.4. The zero-order valence-corrected chi connectivity index (χ0v) is 15.4. The Kier molecular flexibility index (Phi) is 7.36. The van der Waals surface area contributed by atoms with E-state index in [1.165, 1.54) is 6.07 Å². The first-order valence-corrected chi connectivity index (χ1v) is 10.1. The SMILES string of the molecule is O=C(O)COc1cccc(C(=O)NCCCS(=O)(=O)Cc2ccccc2)c1. The summed E-state index contributed by atoms with van der Waals surface area (Å²) in [5.74, 6) is -1.26. The molecular weight excluding hydrogens is 370 g/mol. The maximum Gasteiger partial charge on any atom is 0.341 e. The molecule has 0 aliphatic heterocycles. The van der Waals surface area contributed by atoms with Crippen molar-refractivity contribution in [3.8, 4) is 5.75 Å². The number of sulfone groups is 1. The number of hydrogen-bond acceptors (Lipinski definition) is 5. The summed E-state index contributed by atoms with van der Waals surface area (Å²) >= 11 is 0. The minimum absolute atomic E-state index is 0.0231. The van der Waals surface area contributed by atoms with Gasteiger partial charge in [0.05, 0.1) is 11.5 Å². The van der Waals surface area contributed by atoms with Gasteiger partial charge < -0.3 is 15.2 Å². The molecule has 2 N–H and O–H groups in total. The van der Waals surface area contributed by atoms with Crippen LogP contribution >= 0.6 is 0 Å². The zero-order valence-electron chi connectivity index (χ0n) is 14.6. The number of amides is 1. The maximum absolute atomic E-state index is 12.1. The minimum atomic E-state index is -3.25. The lowest BCUT2D eigenvalue weighted by Gasteiger charge is -2.08. The number of carboxylic acid groups (broad SMARTS) is 1. The van der Waals surface area contributed by atoms with E-state index >= 15 is 0 Å². The highest BCUT2D eigenvalue weighted by molar-refractivity contribution is 7.90. The van der Waals surface area contributed by atoms with Crippen molar-refractivity contribution < 1.29 is 27.9 Å². The fourth-order valence-electron chi connectivity index (χ4n) is 2.37. The van der Waals surface area contributed by atoms with E-state index in [1.54, 1.807) is 42.5 Å². The van der Waals surface area contributed by atoms with Crippen molar-refractivity contribution >= 4 is 21.7 Å². The average Bonchev–Trinajstić information content (AvgIpc) is 2.64. The third-order valence-electron chi connectivity index (χ3n) is 3.61. The van der Waals surface area contributed by atoms with E-state index in [1.807, 2.05) is 6.07 Å². The first-order chi connectivity index (χ1) is 12.9. The molecule has 0 aromatic heterocycles. The summed E-state index contributed by atoms with van der Waals surface area (Å²) in [6, 6.07) is 15.1. The van der Waals surface area contributed by atoms with Crippen LogP contribution in [0.5, 0.6) is 5.75 Å². The topological polar surface area (TPSA) is 110 Å². The quantitative estimate of drug-likeness (QED) is 0.599. The molecule has 1 amide bonds. The van der Waals surface area contributed by atoms with Gasteiger partial charge in [-0.1, -0.05) is 36.4 Å². The summed E-state index contributed by atoms with van der Waals surface area (Å²) in [5.41, 5.74) is 1.05. The summed E-state index contributed by atoms with van der Waals surface area (Å²) in [7, 11) is -3.25. The lowest BCUT2D eigenvalue weighted by molar-refractivity contribution is -0.139. The van der Waals surface area contributed by atoms with E-state index in [2.05, 4.69) is 5.32 Å². The van der Waals surface area contributed by atoms with E-state index in [9.17, 15) is 18.0 Å². The van der Waals surface area contributed by atoms with Crippen LogP contribution in [-0.2, 0) is 20.4 Å². The number of rotatable bonds is 10. The second-order valence-corrected chi connectivity index (χ2v) is 8.08. The largest absolute Gasteiger partial charge is 0.482 e. The van der Waals surface area contributed by atoms with E-state index in [4.69, 9.17) is 9.84 Å². The first-order valence-electron chi connectivity index (χ1n) is 8.33. The van der Waals surface area contributed by atoms with Crippen molar-refractivity contribution in [2.75, 3.05) is 18.9 Å². The number of nitrogens with one attached hydrogen (secondary N) is 1. The van der Waals surface area contributed by atoms with Crippen molar-refractivity contribution in [2.45, 2.75) is 12.2 Å². The summed E-state index contributed by atoms with van der Waals surface area (Å²) in [6.45, 7) is -0.280. The molecule has 2 rings (SSSR count). The van der Waals surface area contributed by atoms with Crippen molar-refractivity contribution in [2.24, 2.45) is 0 Å². The van der Waals surface area contributed by atoms with Crippen molar-refractivity contribution in [3.63, 3.8) is 0 Å². The van der Waals surface area contributed by atoms with Crippen LogP contribution in [0.3, 0.4) is 0 Å². The van der Waals surface area contributed by atoms with Crippen LogP contribution in [0.2, 0.25) is 0 Å². The van der Waals surface area contributed by atoms with Gasteiger partial charge in [-0.05, 0) is 30.2 Å². The van der Waals surface area contributed by atoms with Gasteiger partial charge >= 0.3 is 5.97 Å². The van der Waals surface area contributed by atoms with Crippen molar-refractivity contribution in [1.82, 2.24) is 5.32 Å². The van der Waals surface area contributed by atoms with Crippen LogP contribution in [-0.4, -0.2) is 44.3 Å². The molecule has 0 aliphatic rings. The Balaban J connectivity index is 1.79. The second-order valence-electron chi connectivity index (χ2n) is 5.90. The number of carboxylic acids is 1. The molecule has 0 atom stereocenters. The van der Waals surface area contributed by atoms with Crippen LogP contribution in [0, 0.1) is 0 Å². The van der Waals surface area contributed by atoms with Gasteiger partial charge in [0.15, 0.2) is 16.4 Å². The smallest absolute Gasteiger partial charge is 0.341 e. The highest BCUT2D eigenvalue weighted by Gasteiger charge is 2.12. The Hall–Kier alpha value is -2.87. The average molecular weight is 391 g/mol. The summed E-state index contributed by atoms with van der Waals surface area (Å²) < 4.78 is 29.2. The Bertz CT molecular complexity index is 880. The van der Waals surface area contributed by atoms with Gasteiger partial charge in [0.2, 0.25) is 0 Å². The molecule has 144 valence electrons. The second kappa shape index (κ2) is 9.72. The Morgan fingerprint density at radius 3 is 2.48 bits per heavy atom. The van der Waals surface area contributed by atoms with Crippen LogP contribution in [0.25, 0.3) is 0 Å². The van der Waals surface area contributed by atoms with E-state index < -0.39 is 22.4 Å². The molecule has 0 spiro atoms. The molecule has 0 bridgehead atoms. The van der Waals surface area contributed by atoms with Crippen molar-refractivity contribution in [3.05, 3.63) is 65.7 Å². The van der Waals surface area contributed by atoms with Gasteiger partial charge in [0, 0.05) is 12.1 Å². The highest BCUT2D eigenvalue weighted by Crippen LogP contribution is 2.13. The molecule has 0 aliphatic carbocycles. The van der Waals surface area contributed by atoms with Crippen LogP contribution < -0.4 is 10.1 Å². The molecule has 0 saturated heterocycles. The highest BCUT2D eigenvalue weighted by atomic mass is 32.2. The standard InChI is InChI=1S/C19H21NO6S/c21-18(22)13-26-17-9-4-8-16(12-17)19(23)20-10-5-11-27(24,25)14-15-6-2-1-3-7-15/h1-4,6-9,12H,5,10-11,13-14H2,(H,20,23)(H,21,22). The maximum atomic E-state index is 12.1. The predicted molar refractivity (Wildman–Crippen MR) is 100 cm³/mol. The third-order valence-corrected chi connectivity index (χ3v) is 5.29. The number of aliphatic carboxylic acids is 1.